The van der Waals surface area contributed by atoms with Gasteiger partial charge in [0.2, 0.25) is 0 Å². The number of aliphatic carboxylic acids is 1. The van der Waals surface area contributed by atoms with Crippen LogP contribution in [-0.4, -0.2) is 41.0 Å². The fourth-order valence-electron chi connectivity index (χ4n) is 1.90. The van der Waals surface area contributed by atoms with Gasteiger partial charge in [-0.25, -0.2) is 4.79 Å². The molecule has 8 heteroatoms. The molecule has 0 fully saturated rings. The van der Waals surface area contributed by atoms with E-state index >= 15 is 0 Å². The van der Waals surface area contributed by atoms with Crippen LogP contribution in [0.25, 0.3) is 0 Å². The van der Waals surface area contributed by atoms with Crippen LogP contribution < -0.4 is 5.32 Å². The minimum Gasteiger partial charge on any atom is -0.479 e. The normalized spacial score (nSPS) is 9.75. The quantitative estimate of drug-likeness (QED) is 0.592. The van der Waals surface area contributed by atoms with Crippen molar-refractivity contribution in [2.75, 3.05) is 11.9 Å². The van der Waals surface area contributed by atoms with Gasteiger partial charge in [0.15, 0.2) is 24.0 Å². The number of carboxylic acids is 1. The molecule has 0 aliphatic heterocycles. The third-order valence-corrected chi connectivity index (χ3v) is 3.56. The maximum Gasteiger partial charge on any atom is 0.341 e. The molecular formula is C16H16AlCl2NO4. The number of carbonyl (C=O) groups is 2. The molecule has 5 nitrogen and oxygen atoms in total. The van der Waals surface area contributed by atoms with Gasteiger partial charge in [-0.2, -0.15) is 0 Å². The van der Waals surface area contributed by atoms with Gasteiger partial charge in [0, 0.05) is 5.69 Å². The molecule has 0 spiro atoms. The zero-order valence-electron chi connectivity index (χ0n) is 11.9. The van der Waals surface area contributed by atoms with E-state index < -0.39 is 18.5 Å². The molecule has 126 valence electrons. The van der Waals surface area contributed by atoms with Gasteiger partial charge < -0.3 is 15.2 Å². The van der Waals surface area contributed by atoms with Crippen molar-refractivity contribution in [3.05, 3.63) is 58.1 Å². The molecule has 0 heterocycles. The Bertz CT molecular complexity index is 720. The Morgan fingerprint density at radius 1 is 1.04 bits per heavy atom. The van der Waals surface area contributed by atoms with Gasteiger partial charge in [0.1, 0.15) is 0 Å². The number of hydrogen-bond donors (Lipinski definition) is 2. The molecule has 24 heavy (non-hydrogen) atoms. The van der Waals surface area contributed by atoms with Crippen LogP contribution in [-0.2, 0) is 20.7 Å². The SMILES string of the molecule is O=C(O)COC(=O)Cc1ccccc1Nc1c(Cl)cccc1Cl.[AlH3]. The lowest BCUT2D eigenvalue weighted by atomic mass is 10.1. The molecule has 0 saturated heterocycles. The second kappa shape index (κ2) is 9.55. The largest absolute Gasteiger partial charge is 0.479 e. The highest BCUT2D eigenvalue weighted by Gasteiger charge is 2.12. The summed E-state index contributed by atoms with van der Waals surface area (Å²) in [6.07, 6.45) is -0.0709. The lowest BCUT2D eigenvalue weighted by Gasteiger charge is -2.14. The molecule has 0 amide bonds. The predicted octanol–water partition coefficient (Wildman–Crippen LogP) is 2.72. The number of halogens is 2. The van der Waals surface area contributed by atoms with E-state index in [1.165, 1.54) is 0 Å². The molecule has 0 atom stereocenters. The van der Waals surface area contributed by atoms with Crippen LogP contribution in [0.1, 0.15) is 5.56 Å². The van der Waals surface area contributed by atoms with Crippen molar-refractivity contribution in [2.45, 2.75) is 6.42 Å². The number of benzene rings is 2. The van der Waals surface area contributed by atoms with Gasteiger partial charge in [-0.05, 0) is 23.8 Å². The van der Waals surface area contributed by atoms with Gasteiger partial charge in [-0.1, -0.05) is 47.5 Å². The number of nitrogens with one attached hydrogen (secondary N) is 1. The summed E-state index contributed by atoms with van der Waals surface area (Å²) < 4.78 is 4.64. The first-order chi connectivity index (χ1) is 11.0. The summed E-state index contributed by atoms with van der Waals surface area (Å²) in [4.78, 5) is 22.1. The molecule has 0 bridgehead atoms. The summed E-state index contributed by atoms with van der Waals surface area (Å²) in [5, 5.41) is 12.5. The molecule has 2 aromatic rings. The second-order valence-corrected chi connectivity index (χ2v) is 5.42. The Balaban J connectivity index is 0.00000288. The molecule has 0 radical (unpaired) electrons. The molecule has 0 aromatic heterocycles. The molecule has 0 aliphatic rings. The fraction of sp³-hybridized carbons (Fsp3) is 0.125. The number of ether oxygens (including phenoxy) is 1. The Morgan fingerprint density at radius 3 is 2.29 bits per heavy atom. The van der Waals surface area contributed by atoms with E-state index in [-0.39, 0.29) is 23.8 Å². The summed E-state index contributed by atoms with van der Waals surface area (Å²) in [5.41, 5.74) is 1.80. The molecule has 2 aromatic carbocycles. The highest BCUT2D eigenvalue weighted by atomic mass is 35.5. The molecule has 2 N–H and O–H groups in total. The summed E-state index contributed by atoms with van der Waals surface area (Å²) in [7, 11) is 0. The summed E-state index contributed by atoms with van der Waals surface area (Å²) in [6.45, 7) is -0.662. The number of carboxylic acid groups (broad SMARTS) is 1. The molecule has 0 saturated carbocycles. The van der Waals surface area contributed by atoms with Crippen LogP contribution in [0.15, 0.2) is 42.5 Å². The minimum absolute atomic E-state index is 0. The Hall–Kier alpha value is -1.71. The van der Waals surface area contributed by atoms with E-state index in [1.807, 2.05) is 0 Å². The lowest BCUT2D eigenvalue weighted by molar-refractivity contribution is -0.154. The average molecular weight is 384 g/mol. The first kappa shape index (κ1) is 20.3. The molecule has 0 aliphatic carbocycles. The smallest absolute Gasteiger partial charge is 0.341 e. The summed E-state index contributed by atoms with van der Waals surface area (Å²) in [6, 6.07) is 12.2. The fourth-order valence-corrected chi connectivity index (χ4v) is 2.39. The van der Waals surface area contributed by atoms with E-state index in [4.69, 9.17) is 28.3 Å². The van der Waals surface area contributed by atoms with Crippen molar-refractivity contribution in [1.29, 1.82) is 0 Å². The Labute approximate surface area is 159 Å². The highest BCUT2D eigenvalue weighted by molar-refractivity contribution is 6.39. The number of hydrogen-bond acceptors (Lipinski definition) is 4. The number of esters is 1. The van der Waals surface area contributed by atoms with E-state index in [0.717, 1.165) is 0 Å². The number of carbonyl (C=O) groups excluding carboxylic acids is 1. The van der Waals surface area contributed by atoms with Crippen molar-refractivity contribution >= 4 is 63.9 Å². The van der Waals surface area contributed by atoms with Crippen LogP contribution in [0.2, 0.25) is 10.0 Å². The number of para-hydroxylation sites is 2. The average Bonchev–Trinajstić information content (AvgIpc) is 2.50. The van der Waals surface area contributed by atoms with Gasteiger partial charge in [0.05, 0.1) is 22.2 Å². The molecule has 2 rings (SSSR count). The van der Waals surface area contributed by atoms with Crippen molar-refractivity contribution < 1.29 is 19.4 Å². The Morgan fingerprint density at radius 2 is 1.67 bits per heavy atom. The maximum atomic E-state index is 11.7. The Kier molecular flexibility index (Phi) is 8.10. The zero-order chi connectivity index (χ0) is 16.8. The number of anilines is 2. The summed E-state index contributed by atoms with van der Waals surface area (Å²) in [5.74, 6) is -1.83. The standard InChI is InChI=1S/C16H13Cl2NO4.Al.3H/c17-11-5-3-6-12(18)16(11)19-13-7-2-1-4-10(13)8-15(22)23-9-14(20)21;;;;/h1-7,19H,8-9H2,(H,20,21);;;;. The van der Waals surface area contributed by atoms with Crippen LogP contribution in [0.4, 0.5) is 11.4 Å². The van der Waals surface area contributed by atoms with Gasteiger partial charge in [-0.15, -0.1) is 0 Å². The van der Waals surface area contributed by atoms with Gasteiger partial charge in [-0.3, -0.25) is 4.79 Å². The van der Waals surface area contributed by atoms with E-state index in [0.29, 0.717) is 27.0 Å². The minimum atomic E-state index is -1.20. The topological polar surface area (TPSA) is 75.6 Å². The van der Waals surface area contributed by atoms with Crippen molar-refractivity contribution in [1.82, 2.24) is 0 Å². The van der Waals surface area contributed by atoms with E-state index in [2.05, 4.69) is 10.1 Å². The first-order valence-electron chi connectivity index (χ1n) is 6.63. The van der Waals surface area contributed by atoms with Crippen molar-refractivity contribution in [3.8, 4) is 0 Å². The third-order valence-electron chi connectivity index (χ3n) is 2.93. The first-order valence-corrected chi connectivity index (χ1v) is 7.39. The maximum absolute atomic E-state index is 11.7. The van der Waals surface area contributed by atoms with Crippen molar-refractivity contribution in [3.63, 3.8) is 0 Å². The van der Waals surface area contributed by atoms with Gasteiger partial charge in [0.25, 0.3) is 0 Å². The monoisotopic (exact) mass is 383 g/mol. The van der Waals surface area contributed by atoms with Crippen LogP contribution >= 0.6 is 23.2 Å². The van der Waals surface area contributed by atoms with Crippen LogP contribution in [0.5, 0.6) is 0 Å². The van der Waals surface area contributed by atoms with Gasteiger partial charge >= 0.3 is 11.9 Å². The van der Waals surface area contributed by atoms with Crippen molar-refractivity contribution in [2.24, 2.45) is 0 Å². The summed E-state index contributed by atoms with van der Waals surface area (Å²) >= 11 is 12.2. The lowest BCUT2D eigenvalue weighted by Crippen LogP contribution is -2.15. The van der Waals surface area contributed by atoms with Crippen LogP contribution in [0.3, 0.4) is 0 Å². The molecule has 0 unspecified atom stereocenters. The van der Waals surface area contributed by atoms with Crippen LogP contribution in [0, 0.1) is 0 Å². The second-order valence-electron chi connectivity index (χ2n) is 4.61. The predicted molar refractivity (Wildman–Crippen MR) is 98.4 cm³/mol. The highest BCUT2D eigenvalue weighted by Crippen LogP contribution is 2.33. The van der Waals surface area contributed by atoms with E-state index in [9.17, 15) is 9.59 Å². The molecular weight excluding hydrogens is 368 g/mol. The number of rotatable bonds is 6. The van der Waals surface area contributed by atoms with E-state index in [1.54, 1.807) is 42.5 Å². The zero-order valence-corrected chi connectivity index (χ0v) is 13.4. The third kappa shape index (κ3) is 5.73.